The van der Waals surface area contributed by atoms with E-state index in [9.17, 15) is 4.79 Å². The molecule has 1 aliphatic rings. The van der Waals surface area contributed by atoms with Gasteiger partial charge in [-0.3, -0.25) is 4.79 Å². The van der Waals surface area contributed by atoms with Crippen LogP contribution in [0.4, 0.5) is 0 Å². The molecular formula is C14H20N2O2. The highest BCUT2D eigenvalue weighted by atomic mass is 16.5. The number of hydrogen-bond donors (Lipinski definition) is 1. The van der Waals surface area contributed by atoms with E-state index in [1.807, 2.05) is 11.0 Å². The molecule has 0 unspecified atom stereocenters. The molecule has 18 heavy (non-hydrogen) atoms. The minimum absolute atomic E-state index is 0.158. The van der Waals surface area contributed by atoms with Crippen molar-refractivity contribution in [1.29, 1.82) is 0 Å². The standard InChI is InChI=1S/C14H20N2O2/c1-12-3-2-4-13(9-12)10-15-11-14(17)16-5-7-18-8-6-16/h2-4,9,15H,5-8,10-11H2,1H3. The minimum Gasteiger partial charge on any atom is -0.378 e. The van der Waals surface area contributed by atoms with E-state index in [1.54, 1.807) is 0 Å². The Kier molecular flexibility index (Phi) is 4.73. The molecule has 0 bridgehead atoms. The van der Waals surface area contributed by atoms with E-state index in [2.05, 4.69) is 30.4 Å². The van der Waals surface area contributed by atoms with Crippen molar-refractivity contribution in [3.8, 4) is 0 Å². The quantitative estimate of drug-likeness (QED) is 0.862. The highest BCUT2D eigenvalue weighted by molar-refractivity contribution is 5.78. The Morgan fingerprint density at radius 2 is 2.17 bits per heavy atom. The van der Waals surface area contributed by atoms with Gasteiger partial charge < -0.3 is 15.0 Å². The van der Waals surface area contributed by atoms with E-state index in [0.29, 0.717) is 32.8 Å². The molecule has 0 aromatic heterocycles. The zero-order valence-corrected chi connectivity index (χ0v) is 10.8. The van der Waals surface area contributed by atoms with Crippen molar-refractivity contribution in [3.05, 3.63) is 35.4 Å². The van der Waals surface area contributed by atoms with Crippen LogP contribution < -0.4 is 5.32 Å². The Morgan fingerprint density at radius 1 is 1.39 bits per heavy atom. The summed E-state index contributed by atoms with van der Waals surface area (Å²) in [6.07, 6.45) is 0. The number of rotatable bonds is 4. The van der Waals surface area contributed by atoms with Crippen molar-refractivity contribution in [2.24, 2.45) is 0 Å². The van der Waals surface area contributed by atoms with Gasteiger partial charge in [0.05, 0.1) is 19.8 Å². The van der Waals surface area contributed by atoms with E-state index in [-0.39, 0.29) is 5.91 Å². The van der Waals surface area contributed by atoms with Gasteiger partial charge in [-0.25, -0.2) is 0 Å². The lowest BCUT2D eigenvalue weighted by atomic mass is 10.1. The van der Waals surface area contributed by atoms with Crippen molar-refractivity contribution in [2.75, 3.05) is 32.8 Å². The van der Waals surface area contributed by atoms with Crippen LogP contribution in [0.15, 0.2) is 24.3 Å². The molecule has 1 N–H and O–H groups in total. The average Bonchev–Trinajstić information content (AvgIpc) is 2.40. The first kappa shape index (κ1) is 13.1. The van der Waals surface area contributed by atoms with Crippen LogP contribution in [-0.2, 0) is 16.1 Å². The Bertz CT molecular complexity index is 401. The fourth-order valence-corrected chi connectivity index (χ4v) is 2.06. The molecule has 1 aromatic rings. The molecule has 1 aliphatic heterocycles. The van der Waals surface area contributed by atoms with E-state index in [0.717, 1.165) is 6.54 Å². The van der Waals surface area contributed by atoms with E-state index in [1.165, 1.54) is 11.1 Å². The number of carbonyl (C=O) groups is 1. The first-order chi connectivity index (χ1) is 8.75. The number of amides is 1. The topological polar surface area (TPSA) is 41.6 Å². The van der Waals surface area contributed by atoms with E-state index < -0.39 is 0 Å². The number of ether oxygens (including phenoxy) is 1. The van der Waals surface area contributed by atoms with Crippen molar-refractivity contribution < 1.29 is 9.53 Å². The maximum atomic E-state index is 11.9. The van der Waals surface area contributed by atoms with E-state index >= 15 is 0 Å². The summed E-state index contributed by atoms with van der Waals surface area (Å²) < 4.78 is 5.22. The molecule has 0 saturated carbocycles. The molecule has 4 heteroatoms. The molecule has 1 aromatic carbocycles. The lowest BCUT2D eigenvalue weighted by Gasteiger charge is -2.26. The maximum Gasteiger partial charge on any atom is 0.236 e. The number of carbonyl (C=O) groups excluding carboxylic acids is 1. The van der Waals surface area contributed by atoms with E-state index in [4.69, 9.17) is 4.74 Å². The molecule has 1 fully saturated rings. The lowest BCUT2D eigenvalue weighted by molar-refractivity contribution is -0.134. The van der Waals surface area contributed by atoms with Gasteiger partial charge in [0.2, 0.25) is 5.91 Å². The van der Waals surface area contributed by atoms with Crippen LogP contribution in [0.5, 0.6) is 0 Å². The fraction of sp³-hybridized carbons (Fsp3) is 0.500. The van der Waals surface area contributed by atoms with Gasteiger partial charge in [-0.2, -0.15) is 0 Å². The largest absolute Gasteiger partial charge is 0.378 e. The Hall–Kier alpha value is -1.39. The van der Waals surface area contributed by atoms with Gasteiger partial charge in [0.15, 0.2) is 0 Å². The third kappa shape index (κ3) is 3.82. The van der Waals surface area contributed by atoms with Crippen LogP contribution in [0.1, 0.15) is 11.1 Å². The predicted molar refractivity (Wildman–Crippen MR) is 70.3 cm³/mol. The summed E-state index contributed by atoms with van der Waals surface area (Å²) in [6, 6.07) is 8.31. The van der Waals surface area contributed by atoms with Gasteiger partial charge in [0.1, 0.15) is 0 Å². The Balaban J connectivity index is 1.73. The van der Waals surface area contributed by atoms with Crippen molar-refractivity contribution >= 4 is 5.91 Å². The highest BCUT2D eigenvalue weighted by Crippen LogP contribution is 2.03. The van der Waals surface area contributed by atoms with Gasteiger partial charge >= 0.3 is 0 Å². The fourth-order valence-electron chi connectivity index (χ4n) is 2.06. The molecule has 0 atom stereocenters. The summed E-state index contributed by atoms with van der Waals surface area (Å²) in [5.41, 5.74) is 2.46. The highest BCUT2D eigenvalue weighted by Gasteiger charge is 2.15. The number of hydrogen-bond acceptors (Lipinski definition) is 3. The molecule has 1 heterocycles. The summed E-state index contributed by atoms with van der Waals surface area (Å²) in [4.78, 5) is 13.7. The molecule has 0 aliphatic carbocycles. The maximum absolute atomic E-state index is 11.9. The lowest BCUT2D eigenvalue weighted by Crippen LogP contribution is -2.44. The van der Waals surface area contributed by atoms with Crippen LogP contribution >= 0.6 is 0 Å². The van der Waals surface area contributed by atoms with Crippen LogP contribution in [0.2, 0.25) is 0 Å². The molecule has 4 nitrogen and oxygen atoms in total. The number of nitrogens with one attached hydrogen (secondary N) is 1. The van der Waals surface area contributed by atoms with Gasteiger partial charge in [-0.1, -0.05) is 29.8 Å². The summed E-state index contributed by atoms with van der Waals surface area (Å²) >= 11 is 0. The molecule has 1 saturated heterocycles. The minimum atomic E-state index is 0.158. The number of morpholine rings is 1. The van der Waals surface area contributed by atoms with Crippen LogP contribution in [0.3, 0.4) is 0 Å². The third-order valence-electron chi connectivity index (χ3n) is 3.05. The van der Waals surface area contributed by atoms with Crippen molar-refractivity contribution in [1.82, 2.24) is 10.2 Å². The second kappa shape index (κ2) is 6.52. The Morgan fingerprint density at radius 3 is 2.89 bits per heavy atom. The van der Waals surface area contributed by atoms with Crippen LogP contribution in [0.25, 0.3) is 0 Å². The van der Waals surface area contributed by atoms with Crippen molar-refractivity contribution in [2.45, 2.75) is 13.5 Å². The number of benzene rings is 1. The molecular weight excluding hydrogens is 228 g/mol. The smallest absolute Gasteiger partial charge is 0.236 e. The zero-order valence-electron chi connectivity index (χ0n) is 10.8. The molecule has 2 rings (SSSR count). The molecule has 0 radical (unpaired) electrons. The SMILES string of the molecule is Cc1cccc(CNCC(=O)N2CCOCC2)c1. The zero-order chi connectivity index (χ0) is 12.8. The molecule has 1 amide bonds. The normalized spacial score (nSPS) is 15.7. The first-order valence-corrected chi connectivity index (χ1v) is 6.37. The Labute approximate surface area is 108 Å². The summed E-state index contributed by atoms with van der Waals surface area (Å²) in [7, 11) is 0. The first-order valence-electron chi connectivity index (χ1n) is 6.37. The monoisotopic (exact) mass is 248 g/mol. The van der Waals surface area contributed by atoms with Crippen LogP contribution in [0, 0.1) is 6.92 Å². The van der Waals surface area contributed by atoms with Gasteiger partial charge in [-0.05, 0) is 12.5 Å². The number of nitrogens with zero attached hydrogens (tertiary/aromatic N) is 1. The third-order valence-corrected chi connectivity index (χ3v) is 3.05. The van der Waals surface area contributed by atoms with Crippen molar-refractivity contribution in [3.63, 3.8) is 0 Å². The van der Waals surface area contributed by atoms with Gasteiger partial charge in [-0.15, -0.1) is 0 Å². The van der Waals surface area contributed by atoms with Gasteiger partial charge in [0.25, 0.3) is 0 Å². The summed E-state index contributed by atoms with van der Waals surface area (Å²) in [6.45, 7) is 5.94. The van der Waals surface area contributed by atoms with Gasteiger partial charge in [0, 0.05) is 19.6 Å². The van der Waals surface area contributed by atoms with Crippen LogP contribution in [-0.4, -0.2) is 43.7 Å². The summed E-state index contributed by atoms with van der Waals surface area (Å²) in [5, 5.41) is 3.19. The average molecular weight is 248 g/mol. The molecule has 98 valence electrons. The second-order valence-corrected chi connectivity index (χ2v) is 4.59. The predicted octanol–water partition coefficient (Wildman–Crippen LogP) is 0.943. The molecule has 0 spiro atoms. The summed E-state index contributed by atoms with van der Waals surface area (Å²) in [5.74, 6) is 0.158. The number of aryl methyl sites for hydroxylation is 1. The second-order valence-electron chi connectivity index (χ2n) is 4.59.